The molecular weight excluding hydrogens is 472 g/mol. The molecule has 6 rings (SSSR count). The summed E-state index contributed by atoms with van der Waals surface area (Å²) in [7, 11) is 0. The van der Waals surface area contributed by atoms with Crippen LogP contribution in [-0.2, 0) is 4.87 Å². The van der Waals surface area contributed by atoms with Crippen LogP contribution >= 0.6 is 11.6 Å². The number of hydrogen-bond donors (Lipinski definition) is 0. The van der Waals surface area contributed by atoms with Crippen LogP contribution in [0.25, 0.3) is 39.3 Å². The smallest absolute Gasteiger partial charge is 0.160 e. The van der Waals surface area contributed by atoms with E-state index in [-0.39, 0.29) is 0 Å². The second-order valence-electron chi connectivity index (χ2n) is 9.23. The largest absolute Gasteiger partial charge is 0.231 e. The maximum atomic E-state index is 7.37. The second-order valence-corrected chi connectivity index (χ2v) is 9.91. The molecule has 5 aromatic rings. The lowest BCUT2D eigenvalue weighted by Crippen LogP contribution is -2.21. The lowest BCUT2D eigenvalue weighted by molar-refractivity contribution is 0.740. The van der Waals surface area contributed by atoms with E-state index < -0.39 is 4.87 Å². The second kappa shape index (κ2) is 10.0. The topological polar surface area (TPSA) is 25.8 Å². The van der Waals surface area contributed by atoms with E-state index in [4.69, 9.17) is 21.6 Å². The van der Waals surface area contributed by atoms with Gasteiger partial charge in [0.05, 0.1) is 11.4 Å². The van der Waals surface area contributed by atoms with Crippen LogP contribution < -0.4 is 0 Å². The normalized spacial score (nSPS) is 16.8. The lowest BCUT2D eigenvalue weighted by Gasteiger charge is -2.28. The number of aromatic nitrogens is 2. The summed E-state index contributed by atoms with van der Waals surface area (Å²) in [5, 5.41) is 0. The van der Waals surface area contributed by atoms with Gasteiger partial charge in [0.25, 0.3) is 0 Å². The maximum absolute atomic E-state index is 7.37. The summed E-state index contributed by atoms with van der Waals surface area (Å²) in [6.45, 7) is 0. The van der Waals surface area contributed by atoms with Crippen molar-refractivity contribution in [1.29, 1.82) is 0 Å². The molecule has 178 valence electrons. The minimum atomic E-state index is -0.780. The number of hydrogen-bond acceptors (Lipinski definition) is 2. The number of rotatable bonds is 5. The molecule has 4 aromatic carbocycles. The summed E-state index contributed by atoms with van der Waals surface area (Å²) in [6, 6.07) is 41.4. The monoisotopic (exact) mass is 496 g/mol. The highest BCUT2D eigenvalue weighted by Gasteiger charge is 2.33. The van der Waals surface area contributed by atoms with Crippen molar-refractivity contribution in [3.8, 4) is 33.8 Å². The Labute approximate surface area is 222 Å². The molecule has 1 heterocycles. The Hall–Kier alpha value is -4.27. The minimum absolute atomic E-state index is 0.643. The number of benzene rings is 4. The van der Waals surface area contributed by atoms with Gasteiger partial charge in [0.15, 0.2) is 5.82 Å². The van der Waals surface area contributed by atoms with Gasteiger partial charge in [0.1, 0.15) is 4.87 Å². The Morgan fingerprint density at radius 3 is 1.86 bits per heavy atom. The van der Waals surface area contributed by atoms with E-state index in [1.165, 1.54) is 16.7 Å². The summed E-state index contributed by atoms with van der Waals surface area (Å²) in [5.41, 5.74) is 8.31. The molecule has 0 amide bonds. The van der Waals surface area contributed by atoms with E-state index in [0.29, 0.717) is 12.2 Å². The van der Waals surface area contributed by atoms with Crippen molar-refractivity contribution in [2.75, 3.05) is 0 Å². The standard InChI is InChI=1S/C34H25ClN2/c35-34(21-11-20-30(24-34)26-14-6-2-7-15-26)32-23-31(36-33(37-32)27-16-8-3-9-17-27)29-19-10-18-28(22-29)25-12-4-1-5-13-25/h1-23H,24H2. The highest BCUT2D eigenvalue weighted by atomic mass is 35.5. The fourth-order valence-electron chi connectivity index (χ4n) is 4.75. The lowest BCUT2D eigenvalue weighted by atomic mass is 9.86. The molecule has 0 spiro atoms. The first-order valence-electron chi connectivity index (χ1n) is 12.4. The molecule has 3 heteroatoms. The van der Waals surface area contributed by atoms with Gasteiger partial charge in [-0.15, -0.1) is 11.6 Å². The van der Waals surface area contributed by atoms with Crippen molar-refractivity contribution in [1.82, 2.24) is 9.97 Å². The molecule has 0 aliphatic heterocycles. The van der Waals surface area contributed by atoms with Crippen molar-refractivity contribution in [3.63, 3.8) is 0 Å². The van der Waals surface area contributed by atoms with Gasteiger partial charge in [-0.2, -0.15) is 0 Å². The van der Waals surface area contributed by atoms with Gasteiger partial charge in [-0.25, -0.2) is 9.97 Å². The van der Waals surface area contributed by atoms with Crippen molar-refractivity contribution < 1.29 is 0 Å². The van der Waals surface area contributed by atoms with Gasteiger partial charge in [-0.05, 0) is 34.4 Å². The number of halogens is 1. The highest BCUT2D eigenvalue weighted by molar-refractivity contribution is 6.26. The Bertz CT molecular complexity index is 1590. The first-order chi connectivity index (χ1) is 18.2. The minimum Gasteiger partial charge on any atom is -0.231 e. The first-order valence-corrected chi connectivity index (χ1v) is 12.8. The van der Waals surface area contributed by atoms with Crippen molar-refractivity contribution in [2.45, 2.75) is 11.3 Å². The third kappa shape index (κ3) is 4.89. The zero-order valence-corrected chi connectivity index (χ0v) is 21.0. The molecular formula is C34H25ClN2. The number of allylic oxidation sites excluding steroid dienone is 4. The molecule has 2 nitrogen and oxygen atoms in total. The Morgan fingerprint density at radius 1 is 0.568 bits per heavy atom. The van der Waals surface area contributed by atoms with Crippen LogP contribution in [0.15, 0.2) is 140 Å². The van der Waals surface area contributed by atoms with Crippen molar-refractivity contribution in [2.24, 2.45) is 0 Å². The quantitative estimate of drug-likeness (QED) is 0.227. The molecule has 1 aliphatic rings. The van der Waals surface area contributed by atoms with Crippen molar-refractivity contribution >= 4 is 17.2 Å². The molecule has 0 N–H and O–H groups in total. The number of nitrogens with zero attached hydrogens (tertiary/aromatic N) is 2. The van der Waals surface area contributed by atoms with Gasteiger partial charge >= 0.3 is 0 Å². The molecule has 0 saturated heterocycles. The molecule has 0 fully saturated rings. The third-order valence-corrected chi connectivity index (χ3v) is 7.15. The fraction of sp³-hybridized carbons (Fsp3) is 0.0588. The summed E-state index contributed by atoms with van der Waals surface area (Å²) < 4.78 is 0. The highest BCUT2D eigenvalue weighted by Crippen LogP contribution is 2.43. The average molecular weight is 497 g/mol. The predicted molar refractivity (Wildman–Crippen MR) is 154 cm³/mol. The van der Waals surface area contributed by atoms with Gasteiger partial charge in [0.2, 0.25) is 0 Å². The maximum Gasteiger partial charge on any atom is 0.160 e. The van der Waals surface area contributed by atoms with E-state index in [1.807, 2.05) is 60.7 Å². The molecule has 0 saturated carbocycles. The average Bonchev–Trinajstić information content (AvgIpc) is 2.98. The van der Waals surface area contributed by atoms with E-state index in [9.17, 15) is 0 Å². The Morgan fingerprint density at radius 2 is 1.16 bits per heavy atom. The number of alkyl halides is 1. The zero-order chi connectivity index (χ0) is 25.1. The molecule has 1 atom stereocenters. The van der Waals surface area contributed by atoms with Crippen LogP contribution in [0.1, 0.15) is 17.7 Å². The SMILES string of the molecule is ClC1(c2cc(-c3cccc(-c4ccccc4)c3)nc(-c3ccccc3)n2)C=CC=C(c2ccccc2)C1. The summed E-state index contributed by atoms with van der Waals surface area (Å²) in [4.78, 5) is 9.24. The van der Waals surface area contributed by atoms with E-state index >= 15 is 0 Å². The van der Waals surface area contributed by atoms with Gasteiger partial charge in [-0.3, -0.25) is 0 Å². The predicted octanol–water partition coefficient (Wildman–Crippen LogP) is 8.96. The van der Waals surface area contributed by atoms with Crippen LogP contribution in [0.5, 0.6) is 0 Å². The van der Waals surface area contributed by atoms with Gasteiger partial charge in [-0.1, -0.05) is 127 Å². The third-order valence-electron chi connectivity index (χ3n) is 6.70. The van der Waals surface area contributed by atoms with E-state index in [1.54, 1.807) is 0 Å². The molecule has 1 aliphatic carbocycles. The Kier molecular flexibility index (Phi) is 6.26. The van der Waals surface area contributed by atoms with Crippen LogP contribution in [-0.4, -0.2) is 9.97 Å². The molecule has 1 unspecified atom stereocenters. The van der Waals surface area contributed by atoms with Crippen LogP contribution in [0.2, 0.25) is 0 Å². The molecule has 1 aromatic heterocycles. The van der Waals surface area contributed by atoms with Gasteiger partial charge < -0.3 is 0 Å². The first kappa shape index (κ1) is 23.1. The summed E-state index contributed by atoms with van der Waals surface area (Å²) in [5.74, 6) is 0.669. The Balaban J connectivity index is 1.46. The summed E-state index contributed by atoms with van der Waals surface area (Å²) in [6.07, 6.45) is 6.87. The summed E-state index contributed by atoms with van der Waals surface area (Å²) >= 11 is 7.37. The van der Waals surface area contributed by atoms with Gasteiger partial charge in [0, 0.05) is 17.5 Å². The zero-order valence-electron chi connectivity index (χ0n) is 20.3. The molecule has 0 bridgehead atoms. The van der Waals surface area contributed by atoms with Crippen LogP contribution in [0.4, 0.5) is 0 Å². The van der Waals surface area contributed by atoms with Crippen molar-refractivity contribution in [3.05, 3.63) is 151 Å². The van der Waals surface area contributed by atoms with Crippen LogP contribution in [0.3, 0.4) is 0 Å². The van der Waals surface area contributed by atoms with E-state index in [2.05, 4.69) is 78.9 Å². The molecule has 37 heavy (non-hydrogen) atoms. The molecule has 0 radical (unpaired) electrons. The van der Waals surface area contributed by atoms with Crippen LogP contribution in [0, 0.1) is 0 Å². The van der Waals surface area contributed by atoms with E-state index in [0.717, 1.165) is 28.1 Å². The fourth-order valence-corrected chi connectivity index (χ4v) is 5.06.